The number of amides is 2. The molecule has 2 aromatic rings. The molecule has 1 unspecified atom stereocenters. The molecule has 1 N–H and O–H groups in total. The van der Waals surface area contributed by atoms with Gasteiger partial charge in [0, 0.05) is 31.7 Å². The van der Waals surface area contributed by atoms with Crippen molar-refractivity contribution in [1.82, 2.24) is 10.2 Å². The average Bonchev–Trinajstić information content (AvgIpc) is 2.97. The standard InChI is InChI=1S/C33H48N2O4/c1-3-4-22-34-32(36)17-11-9-7-5-6-8-10-14-23-39-26-30-24-28-15-12-13-16-29(28)25-35(30)33(37)27-18-20-31(38-2)21-19-27/h12-13,15-16,18-21,30H,3-11,14,17,22-26H2,1-2H3,(H,34,36). The van der Waals surface area contributed by atoms with Crippen molar-refractivity contribution in [2.45, 2.75) is 96.6 Å². The summed E-state index contributed by atoms with van der Waals surface area (Å²) in [7, 11) is 1.63. The lowest BCUT2D eigenvalue weighted by Crippen LogP contribution is -2.46. The summed E-state index contributed by atoms with van der Waals surface area (Å²) in [6, 6.07) is 15.8. The van der Waals surface area contributed by atoms with E-state index in [-0.39, 0.29) is 17.9 Å². The molecule has 3 rings (SSSR count). The van der Waals surface area contributed by atoms with Gasteiger partial charge in [0.15, 0.2) is 0 Å². The Bertz CT molecular complexity index is 991. The van der Waals surface area contributed by atoms with Gasteiger partial charge in [0.1, 0.15) is 5.75 Å². The lowest BCUT2D eigenvalue weighted by atomic mass is 9.93. The van der Waals surface area contributed by atoms with E-state index >= 15 is 0 Å². The summed E-state index contributed by atoms with van der Waals surface area (Å²) in [5, 5.41) is 2.99. The Hall–Kier alpha value is -2.86. The third-order valence-corrected chi connectivity index (χ3v) is 7.56. The molecule has 0 aromatic heterocycles. The topological polar surface area (TPSA) is 67.9 Å². The monoisotopic (exact) mass is 536 g/mol. The van der Waals surface area contributed by atoms with Gasteiger partial charge in [-0.15, -0.1) is 0 Å². The second-order valence-electron chi connectivity index (χ2n) is 10.6. The van der Waals surface area contributed by atoms with Gasteiger partial charge < -0.3 is 19.7 Å². The van der Waals surface area contributed by atoms with Gasteiger partial charge in [0.25, 0.3) is 5.91 Å². The van der Waals surface area contributed by atoms with Gasteiger partial charge in [-0.25, -0.2) is 0 Å². The lowest BCUT2D eigenvalue weighted by Gasteiger charge is -2.37. The third-order valence-electron chi connectivity index (χ3n) is 7.56. The molecule has 1 aliphatic heterocycles. The average molecular weight is 537 g/mol. The highest BCUT2D eigenvalue weighted by Gasteiger charge is 2.30. The maximum Gasteiger partial charge on any atom is 0.254 e. The highest BCUT2D eigenvalue weighted by molar-refractivity contribution is 5.94. The third kappa shape index (κ3) is 10.7. The van der Waals surface area contributed by atoms with Crippen LogP contribution in [0.3, 0.4) is 0 Å². The number of nitrogens with zero attached hydrogens (tertiary/aromatic N) is 1. The second kappa shape index (κ2) is 17.7. The number of fused-ring (bicyclic) bond motifs is 1. The number of nitrogens with one attached hydrogen (secondary N) is 1. The van der Waals surface area contributed by atoms with Gasteiger partial charge in [0.05, 0.1) is 19.8 Å². The molecule has 1 atom stereocenters. The van der Waals surface area contributed by atoms with E-state index in [1.54, 1.807) is 7.11 Å². The van der Waals surface area contributed by atoms with Crippen molar-refractivity contribution in [3.05, 3.63) is 65.2 Å². The van der Waals surface area contributed by atoms with Crippen LogP contribution in [0, 0.1) is 0 Å². The summed E-state index contributed by atoms with van der Waals surface area (Å²) >= 11 is 0. The number of hydrogen-bond donors (Lipinski definition) is 1. The van der Waals surface area contributed by atoms with E-state index in [0.717, 1.165) is 57.4 Å². The molecule has 214 valence electrons. The van der Waals surface area contributed by atoms with E-state index in [2.05, 4.69) is 30.4 Å². The largest absolute Gasteiger partial charge is 0.497 e. The van der Waals surface area contributed by atoms with Crippen LogP contribution in [0.15, 0.2) is 48.5 Å². The maximum absolute atomic E-state index is 13.4. The van der Waals surface area contributed by atoms with Crippen LogP contribution >= 0.6 is 0 Å². The van der Waals surface area contributed by atoms with Crippen molar-refractivity contribution in [1.29, 1.82) is 0 Å². The Kier molecular flexibility index (Phi) is 13.9. The first-order valence-corrected chi connectivity index (χ1v) is 15.0. The van der Waals surface area contributed by atoms with Crippen LogP contribution in [0.2, 0.25) is 0 Å². The van der Waals surface area contributed by atoms with Gasteiger partial charge >= 0.3 is 0 Å². The minimum atomic E-state index is 0.0308. The zero-order chi connectivity index (χ0) is 27.7. The van der Waals surface area contributed by atoms with Crippen LogP contribution in [0.25, 0.3) is 0 Å². The van der Waals surface area contributed by atoms with Crippen LogP contribution < -0.4 is 10.1 Å². The van der Waals surface area contributed by atoms with Crippen molar-refractivity contribution in [2.75, 3.05) is 26.9 Å². The number of hydrogen-bond acceptors (Lipinski definition) is 4. The maximum atomic E-state index is 13.4. The Labute approximate surface area is 235 Å². The molecule has 2 aromatic carbocycles. The van der Waals surface area contributed by atoms with Gasteiger partial charge in [0.2, 0.25) is 5.91 Å². The van der Waals surface area contributed by atoms with Crippen molar-refractivity contribution < 1.29 is 19.1 Å². The Morgan fingerprint density at radius 1 is 0.872 bits per heavy atom. The molecule has 1 heterocycles. The summed E-state index contributed by atoms with van der Waals surface area (Å²) < 4.78 is 11.4. The minimum Gasteiger partial charge on any atom is -0.497 e. The van der Waals surface area contributed by atoms with Crippen LogP contribution in [-0.2, 0) is 22.5 Å². The van der Waals surface area contributed by atoms with E-state index in [1.165, 1.54) is 43.2 Å². The molecule has 0 spiro atoms. The summed E-state index contributed by atoms with van der Waals surface area (Å²) in [5.74, 6) is 0.990. The molecule has 1 aliphatic rings. The molecule has 0 saturated carbocycles. The van der Waals surface area contributed by atoms with Crippen LogP contribution in [-0.4, -0.2) is 49.6 Å². The van der Waals surface area contributed by atoms with E-state index in [4.69, 9.17) is 9.47 Å². The number of methoxy groups -OCH3 is 1. The molecule has 6 nitrogen and oxygen atoms in total. The van der Waals surface area contributed by atoms with E-state index in [9.17, 15) is 9.59 Å². The van der Waals surface area contributed by atoms with E-state index in [1.807, 2.05) is 35.2 Å². The molecule has 0 radical (unpaired) electrons. The number of unbranched alkanes of at least 4 members (excludes halogenated alkanes) is 8. The molecule has 2 amide bonds. The van der Waals surface area contributed by atoms with Crippen LogP contribution in [0.5, 0.6) is 5.75 Å². The molecule has 0 fully saturated rings. The smallest absolute Gasteiger partial charge is 0.254 e. The van der Waals surface area contributed by atoms with Crippen LogP contribution in [0.4, 0.5) is 0 Å². The Morgan fingerprint density at radius 2 is 1.54 bits per heavy atom. The van der Waals surface area contributed by atoms with Crippen molar-refractivity contribution in [3.8, 4) is 5.75 Å². The molecule has 0 bridgehead atoms. The summed E-state index contributed by atoms with van der Waals surface area (Å²) in [4.78, 5) is 27.1. The van der Waals surface area contributed by atoms with E-state index in [0.29, 0.717) is 25.1 Å². The van der Waals surface area contributed by atoms with Crippen LogP contribution in [0.1, 0.15) is 99.0 Å². The fourth-order valence-corrected chi connectivity index (χ4v) is 5.14. The van der Waals surface area contributed by atoms with Gasteiger partial charge in [-0.1, -0.05) is 76.1 Å². The van der Waals surface area contributed by atoms with E-state index < -0.39 is 0 Å². The predicted molar refractivity (Wildman–Crippen MR) is 157 cm³/mol. The number of rotatable bonds is 18. The molecule has 6 heteroatoms. The normalized spacial score (nSPS) is 14.6. The lowest BCUT2D eigenvalue weighted by molar-refractivity contribution is -0.121. The number of carbonyl (C=O) groups excluding carboxylic acids is 2. The van der Waals surface area contributed by atoms with Gasteiger partial charge in [-0.05, 0) is 61.1 Å². The quantitative estimate of drug-likeness (QED) is 0.215. The summed E-state index contributed by atoms with van der Waals surface area (Å²) in [6.45, 7) is 4.85. The summed E-state index contributed by atoms with van der Waals surface area (Å²) in [5.41, 5.74) is 3.20. The molecular weight excluding hydrogens is 488 g/mol. The minimum absolute atomic E-state index is 0.0308. The predicted octanol–water partition coefficient (Wildman–Crippen LogP) is 6.71. The number of benzene rings is 2. The molecule has 0 aliphatic carbocycles. The molecule has 0 saturated heterocycles. The fraction of sp³-hybridized carbons (Fsp3) is 0.576. The first-order chi connectivity index (χ1) is 19.1. The Morgan fingerprint density at radius 3 is 2.23 bits per heavy atom. The number of carbonyl (C=O) groups is 2. The molecular formula is C33H48N2O4. The van der Waals surface area contributed by atoms with Gasteiger partial charge in [-0.2, -0.15) is 0 Å². The first-order valence-electron chi connectivity index (χ1n) is 15.0. The first kappa shape index (κ1) is 30.7. The zero-order valence-electron chi connectivity index (χ0n) is 24.1. The fourth-order valence-electron chi connectivity index (χ4n) is 5.14. The molecule has 39 heavy (non-hydrogen) atoms. The van der Waals surface area contributed by atoms with Crippen molar-refractivity contribution in [3.63, 3.8) is 0 Å². The Balaban J connectivity index is 1.31. The van der Waals surface area contributed by atoms with Crippen molar-refractivity contribution in [2.24, 2.45) is 0 Å². The SMILES string of the molecule is CCCCNC(=O)CCCCCCCCCCOCC1Cc2ccccc2CN1C(=O)c1ccc(OC)cc1. The zero-order valence-corrected chi connectivity index (χ0v) is 24.1. The summed E-state index contributed by atoms with van der Waals surface area (Å²) in [6.07, 6.45) is 12.9. The second-order valence-corrected chi connectivity index (χ2v) is 10.6. The highest BCUT2D eigenvalue weighted by Crippen LogP contribution is 2.26. The number of ether oxygens (including phenoxy) is 2. The van der Waals surface area contributed by atoms with Crippen molar-refractivity contribution >= 4 is 11.8 Å². The van der Waals surface area contributed by atoms with Gasteiger partial charge in [-0.3, -0.25) is 9.59 Å². The highest BCUT2D eigenvalue weighted by atomic mass is 16.5.